The Bertz CT molecular complexity index is 1290. The van der Waals surface area contributed by atoms with E-state index in [0.29, 0.717) is 12.8 Å². The van der Waals surface area contributed by atoms with Gasteiger partial charge in [0.15, 0.2) is 6.04 Å². The molecule has 0 aromatic heterocycles. The highest BCUT2D eigenvalue weighted by molar-refractivity contribution is 7.47. The number of carbonyl (C=O) groups is 3. The summed E-state index contributed by atoms with van der Waals surface area (Å²) in [5.74, 6) is -2.52. The standard InChI is InChI=1S/C45H74NO10P/c1-3-5-7-9-11-13-15-17-18-19-20-21-22-23-24-25-27-29-31-33-35-37-44(49)54-38-41(47)39-55-57(52,53)56-40-42(45(50)51)46-43(48)36-34-32-30-28-26-16-14-12-10-8-6-4-2/h5,7,11,13,17-18,20-21,23-24,27,29,33,35,41-42,47H,3-4,6,8-10,12,14-16,19,22,25-26,28,30-32,34,36-40H2,1-2H3,(H,46,48)(H,50,51)(H,52,53)/b7-5-,13-11-,18-17-,21-20-,24-23-,29-27-,35-33-. The third-order valence-corrected chi connectivity index (χ3v) is 9.43. The van der Waals surface area contributed by atoms with E-state index in [9.17, 15) is 34.1 Å². The summed E-state index contributed by atoms with van der Waals surface area (Å²) in [6.45, 7) is 2.35. The Hall–Kier alpha value is -3.34. The Morgan fingerprint density at radius 1 is 0.579 bits per heavy atom. The van der Waals surface area contributed by atoms with Crippen LogP contribution in [0, 0.1) is 0 Å². The fourth-order valence-corrected chi connectivity index (χ4v) is 5.99. The van der Waals surface area contributed by atoms with E-state index in [-0.39, 0.29) is 12.8 Å². The van der Waals surface area contributed by atoms with Gasteiger partial charge in [0.25, 0.3) is 0 Å². The lowest BCUT2D eigenvalue weighted by Crippen LogP contribution is -2.43. The first-order chi connectivity index (χ1) is 27.6. The normalized spacial score (nSPS) is 14.6. The molecule has 0 saturated carbocycles. The molecule has 0 aromatic rings. The lowest BCUT2D eigenvalue weighted by atomic mass is 10.0. The van der Waals surface area contributed by atoms with E-state index in [4.69, 9.17) is 13.8 Å². The number of carboxylic acid groups (broad SMARTS) is 1. The zero-order valence-corrected chi connectivity index (χ0v) is 35.7. The predicted octanol–water partition coefficient (Wildman–Crippen LogP) is 10.7. The Labute approximate surface area is 343 Å². The fourth-order valence-electron chi connectivity index (χ4n) is 5.22. The molecule has 0 fully saturated rings. The van der Waals surface area contributed by atoms with Gasteiger partial charge in [-0.05, 0) is 51.4 Å². The average Bonchev–Trinajstić information content (AvgIpc) is 3.18. The molecule has 0 aliphatic rings. The number of phosphoric ester groups is 1. The van der Waals surface area contributed by atoms with Gasteiger partial charge in [-0.2, -0.15) is 0 Å². The second-order valence-corrected chi connectivity index (χ2v) is 15.3. The maximum Gasteiger partial charge on any atom is 0.472 e. The number of carbonyl (C=O) groups excluding carboxylic acids is 2. The SMILES string of the molecule is CC/C=C\C/C=C\C/C=C\C/C=C\C/C=C\C/C=C\C/C=C\CC(=O)OCC(O)COP(=O)(O)OCC(NC(=O)CCCCCCCCCCCCCC)C(=O)O. The van der Waals surface area contributed by atoms with Crippen LogP contribution in [-0.4, -0.2) is 64.9 Å². The van der Waals surface area contributed by atoms with Gasteiger partial charge in [0.2, 0.25) is 5.91 Å². The van der Waals surface area contributed by atoms with Gasteiger partial charge in [-0.25, -0.2) is 9.36 Å². The number of rotatable bonds is 38. The Kier molecular flexibility index (Phi) is 37.2. The average molecular weight is 820 g/mol. The first-order valence-corrected chi connectivity index (χ1v) is 22.6. The van der Waals surface area contributed by atoms with Crippen molar-refractivity contribution < 1.29 is 47.8 Å². The minimum atomic E-state index is -4.78. The number of carboxylic acids is 1. The second kappa shape index (κ2) is 39.5. The molecule has 0 aromatic carbocycles. The summed E-state index contributed by atoms with van der Waals surface area (Å²) in [5.41, 5.74) is 0. The predicted molar refractivity (Wildman–Crippen MR) is 231 cm³/mol. The fraction of sp³-hybridized carbons (Fsp3) is 0.622. The number of hydrogen-bond acceptors (Lipinski definition) is 8. The van der Waals surface area contributed by atoms with Gasteiger partial charge in [-0.15, -0.1) is 0 Å². The maximum absolute atomic E-state index is 12.3. The number of ether oxygens (including phenoxy) is 1. The van der Waals surface area contributed by atoms with E-state index < -0.39 is 57.6 Å². The molecule has 12 heteroatoms. The third-order valence-electron chi connectivity index (χ3n) is 8.48. The highest BCUT2D eigenvalue weighted by Gasteiger charge is 2.28. The van der Waals surface area contributed by atoms with Gasteiger partial charge < -0.3 is 25.2 Å². The lowest BCUT2D eigenvalue weighted by Gasteiger charge is -2.18. The molecule has 3 unspecified atom stereocenters. The van der Waals surface area contributed by atoms with Crippen molar-refractivity contribution in [2.24, 2.45) is 0 Å². The Balaban J connectivity index is 4.05. The number of aliphatic carboxylic acids is 1. The molecular weight excluding hydrogens is 745 g/mol. The van der Waals surface area contributed by atoms with Crippen LogP contribution in [0.1, 0.15) is 149 Å². The van der Waals surface area contributed by atoms with Crippen LogP contribution in [0.15, 0.2) is 85.1 Å². The second-order valence-electron chi connectivity index (χ2n) is 13.8. The van der Waals surface area contributed by atoms with Crippen LogP contribution >= 0.6 is 7.82 Å². The molecule has 324 valence electrons. The van der Waals surface area contributed by atoms with Crippen LogP contribution in [0.25, 0.3) is 0 Å². The molecular formula is C45H74NO10P. The number of nitrogens with one attached hydrogen (secondary N) is 1. The number of amides is 1. The summed E-state index contributed by atoms with van der Waals surface area (Å²) >= 11 is 0. The summed E-state index contributed by atoms with van der Waals surface area (Å²) in [7, 11) is -4.78. The minimum Gasteiger partial charge on any atom is -0.480 e. The van der Waals surface area contributed by atoms with Gasteiger partial charge in [-0.3, -0.25) is 18.6 Å². The first-order valence-electron chi connectivity index (χ1n) is 21.1. The molecule has 0 aliphatic heterocycles. The van der Waals surface area contributed by atoms with Crippen molar-refractivity contribution in [1.82, 2.24) is 5.32 Å². The Morgan fingerprint density at radius 3 is 1.42 bits per heavy atom. The quantitative estimate of drug-likeness (QED) is 0.0204. The molecule has 0 aliphatic carbocycles. The maximum atomic E-state index is 12.3. The monoisotopic (exact) mass is 820 g/mol. The number of hydrogen-bond donors (Lipinski definition) is 4. The van der Waals surface area contributed by atoms with Crippen molar-refractivity contribution >= 4 is 25.7 Å². The smallest absolute Gasteiger partial charge is 0.472 e. The number of aliphatic hydroxyl groups is 1. The van der Waals surface area contributed by atoms with E-state index in [1.54, 1.807) is 6.08 Å². The van der Waals surface area contributed by atoms with Crippen molar-refractivity contribution in [3.05, 3.63) is 85.1 Å². The molecule has 0 saturated heterocycles. The van der Waals surface area contributed by atoms with Crippen LogP contribution < -0.4 is 5.32 Å². The summed E-state index contributed by atoms with van der Waals surface area (Å²) in [4.78, 5) is 45.7. The number of unbranched alkanes of at least 4 members (excludes halogenated alkanes) is 11. The van der Waals surface area contributed by atoms with Crippen LogP contribution in [-0.2, 0) is 32.7 Å². The molecule has 3 atom stereocenters. The molecule has 0 spiro atoms. The first kappa shape index (κ1) is 53.7. The van der Waals surface area contributed by atoms with Gasteiger partial charge >= 0.3 is 19.8 Å². The number of allylic oxidation sites excluding steroid dienone is 13. The van der Waals surface area contributed by atoms with Crippen LogP contribution in [0.5, 0.6) is 0 Å². The number of aliphatic hydroxyl groups excluding tert-OH is 1. The van der Waals surface area contributed by atoms with Crippen molar-refractivity contribution in [2.45, 2.75) is 161 Å². The molecule has 57 heavy (non-hydrogen) atoms. The molecule has 0 rings (SSSR count). The largest absolute Gasteiger partial charge is 0.480 e. The third kappa shape index (κ3) is 39.3. The molecule has 0 heterocycles. The highest BCUT2D eigenvalue weighted by atomic mass is 31.2. The summed E-state index contributed by atoms with van der Waals surface area (Å²) < 4.78 is 26.7. The van der Waals surface area contributed by atoms with Gasteiger partial charge in [0.05, 0.1) is 19.6 Å². The number of esters is 1. The van der Waals surface area contributed by atoms with E-state index in [1.807, 2.05) is 18.2 Å². The van der Waals surface area contributed by atoms with E-state index in [0.717, 1.165) is 57.8 Å². The summed E-state index contributed by atoms with van der Waals surface area (Å²) in [5, 5.41) is 21.8. The molecule has 11 nitrogen and oxygen atoms in total. The van der Waals surface area contributed by atoms with Crippen LogP contribution in [0.3, 0.4) is 0 Å². The minimum absolute atomic E-state index is 0.0145. The summed E-state index contributed by atoms with van der Waals surface area (Å²) in [6, 6.07) is -1.56. The lowest BCUT2D eigenvalue weighted by molar-refractivity contribution is -0.146. The van der Waals surface area contributed by atoms with Crippen LogP contribution in [0.4, 0.5) is 0 Å². The molecule has 0 bridgehead atoms. The van der Waals surface area contributed by atoms with Gasteiger partial charge in [0.1, 0.15) is 12.7 Å². The zero-order valence-electron chi connectivity index (χ0n) is 34.9. The molecule has 4 N–H and O–H groups in total. The van der Waals surface area contributed by atoms with E-state index in [1.165, 1.54) is 51.4 Å². The Morgan fingerprint density at radius 2 is 0.982 bits per heavy atom. The molecule has 1 amide bonds. The van der Waals surface area contributed by atoms with Crippen molar-refractivity contribution in [2.75, 3.05) is 19.8 Å². The zero-order chi connectivity index (χ0) is 42.1. The molecule has 0 radical (unpaired) electrons. The number of phosphoric acid groups is 1. The van der Waals surface area contributed by atoms with E-state index in [2.05, 4.69) is 79.9 Å². The van der Waals surface area contributed by atoms with E-state index >= 15 is 0 Å². The van der Waals surface area contributed by atoms with Crippen molar-refractivity contribution in [3.63, 3.8) is 0 Å². The highest BCUT2D eigenvalue weighted by Crippen LogP contribution is 2.43. The van der Waals surface area contributed by atoms with Gasteiger partial charge in [-0.1, -0.05) is 170 Å². The topological polar surface area (TPSA) is 169 Å². The summed E-state index contributed by atoms with van der Waals surface area (Å²) in [6.07, 6.45) is 47.8. The van der Waals surface area contributed by atoms with Crippen molar-refractivity contribution in [3.8, 4) is 0 Å². The van der Waals surface area contributed by atoms with Crippen molar-refractivity contribution in [1.29, 1.82) is 0 Å². The van der Waals surface area contributed by atoms with Gasteiger partial charge in [0, 0.05) is 6.42 Å². The van der Waals surface area contributed by atoms with Crippen LogP contribution in [0.2, 0.25) is 0 Å².